The number of hydrogen-bond donors (Lipinski definition) is 1. The average molecular weight is 354 g/mol. The minimum absolute atomic E-state index is 0.300. The molecule has 2 atom stereocenters. The predicted octanol–water partition coefficient (Wildman–Crippen LogP) is 5.38. The Morgan fingerprint density at radius 3 is 2.15 bits per heavy atom. The molecule has 0 saturated carbocycles. The molecule has 0 saturated heterocycles. The summed E-state index contributed by atoms with van der Waals surface area (Å²) in [6.45, 7) is 6.12. The lowest BCUT2D eigenvalue weighted by molar-refractivity contribution is 0.469. The van der Waals surface area contributed by atoms with Gasteiger partial charge in [-0.3, -0.25) is 0 Å². The Labute approximate surface area is 164 Å². The lowest BCUT2D eigenvalue weighted by atomic mass is 9.69. The van der Waals surface area contributed by atoms with Crippen LogP contribution < -0.4 is 5.46 Å². The van der Waals surface area contributed by atoms with Crippen molar-refractivity contribution in [1.29, 1.82) is 0 Å². The first-order chi connectivity index (χ1) is 13.1. The van der Waals surface area contributed by atoms with Crippen LogP contribution >= 0.6 is 0 Å². The second kappa shape index (κ2) is 8.48. The second-order valence-corrected chi connectivity index (χ2v) is 7.08. The van der Waals surface area contributed by atoms with E-state index in [9.17, 15) is 5.11 Å². The van der Waals surface area contributed by atoms with Gasteiger partial charge in [-0.05, 0) is 60.1 Å². The molecule has 0 heterocycles. The van der Waals surface area contributed by atoms with Crippen LogP contribution in [0.2, 0.25) is 0 Å². The monoisotopic (exact) mass is 354 g/mol. The number of aromatic hydroxyl groups is 1. The zero-order valence-corrected chi connectivity index (χ0v) is 16.4. The van der Waals surface area contributed by atoms with Gasteiger partial charge in [-0.2, -0.15) is 0 Å². The first-order valence-electron chi connectivity index (χ1n) is 9.85. The fraction of sp³-hybridized carbons (Fsp3) is 0.280. The molecule has 2 heteroatoms. The first-order valence-corrected chi connectivity index (χ1v) is 9.85. The zero-order chi connectivity index (χ0) is 19.4. The number of phenols is 1. The Kier molecular flexibility index (Phi) is 6.06. The standard InChI is InChI=1S/C23H21BO.C2H6/c1-15-2-4-17(5-3-15)23-21(16-6-9-19(24)10-7-16)12-8-18-14-20(25)11-13-22(18)23;1-2/h2-7,9-11,13-14,21,23,25H,8,12H2,1H3;1-2H3. The van der Waals surface area contributed by atoms with E-state index < -0.39 is 0 Å². The molecule has 0 aliphatic heterocycles. The van der Waals surface area contributed by atoms with E-state index in [4.69, 9.17) is 7.85 Å². The average Bonchev–Trinajstić information content (AvgIpc) is 2.70. The van der Waals surface area contributed by atoms with Crippen molar-refractivity contribution in [2.45, 2.75) is 45.4 Å². The van der Waals surface area contributed by atoms with Crippen LogP contribution in [-0.2, 0) is 6.42 Å². The number of aryl methyl sites for hydroxylation is 2. The minimum Gasteiger partial charge on any atom is -0.508 e. The molecule has 0 fully saturated rings. The third-order valence-corrected chi connectivity index (χ3v) is 5.39. The summed E-state index contributed by atoms with van der Waals surface area (Å²) in [5.41, 5.74) is 7.33. The van der Waals surface area contributed by atoms with E-state index in [-0.39, 0.29) is 0 Å². The van der Waals surface area contributed by atoms with Gasteiger partial charge >= 0.3 is 0 Å². The molecule has 0 bridgehead atoms. The molecule has 1 N–H and O–H groups in total. The highest BCUT2D eigenvalue weighted by Gasteiger charge is 2.32. The summed E-state index contributed by atoms with van der Waals surface area (Å²) in [6, 6.07) is 23.0. The van der Waals surface area contributed by atoms with E-state index in [0.717, 1.165) is 18.3 Å². The van der Waals surface area contributed by atoms with Crippen LogP contribution in [0.3, 0.4) is 0 Å². The fourth-order valence-electron chi connectivity index (χ4n) is 4.09. The number of rotatable bonds is 2. The lowest BCUT2D eigenvalue weighted by Crippen LogP contribution is -2.21. The largest absolute Gasteiger partial charge is 0.508 e. The van der Waals surface area contributed by atoms with Crippen molar-refractivity contribution in [3.8, 4) is 5.75 Å². The van der Waals surface area contributed by atoms with Gasteiger partial charge in [-0.25, -0.2) is 0 Å². The van der Waals surface area contributed by atoms with E-state index >= 15 is 0 Å². The normalized spacial score (nSPS) is 18.2. The first kappa shape index (κ1) is 19.3. The molecule has 2 unspecified atom stereocenters. The van der Waals surface area contributed by atoms with Gasteiger partial charge < -0.3 is 5.11 Å². The van der Waals surface area contributed by atoms with Crippen molar-refractivity contribution >= 4 is 13.3 Å². The molecule has 1 aliphatic rings. The van der Waals surface area contributed by atoms with Crippen molar-refractivity contribution < 1.29 is 5.11 Å². The van der Waals surface area contributed by atoms with Crippen molar-refractivity contribution in [2.24, 2.45) is 0 Å². The van der Waals surface area contributed by atoms with E-state index in [1.54, 1.807) is 0 Å². The maximum Gasteiger partial charge on any atom is 0.115 e. The van der Waals surface area contributed by atoms with Crippen molar-refractivity contribution in [2.75, 3.05) is 0 Å². The Morgan fingerprint density at radius 1 is 0.852 bits per heavy atom. The van der Waals surface area contributed by atoms with Crippen molar-refractivity contribution in [3.63, 3.8) is 0 Å². The Bertz CT molecular complexity index is 881. The molecule has 1 nitrogen and oxygen atoms in total. The predicted molar refractivity (Wildman–Crippen MR) is 115 cm³/mol. The number of hydrogen-bond acceptors (Lipinski definition) is 1. The summed E-state index contributed by atoms with van der Waals surface area (Å²) in [5.74, 6) is 1.07. The molecule has 4 rings (SSSR count). The van der Waals surface area contributed by atoms with Crippen LogP contribution in [0.1, 0.15) is 59.9 Å². The van der Waals surface area contributed by atoms with Gasteiger partial charge in [-0.1, -0.05) is 79.5 Å². The highest BCUT2D eigenvalue weighted by atomic mass is 16.3. The van der Waals surface area contributed by atoms with Crippen molar-refractivity contribution in [3.05, 3.63) is 94.5 Å². The summed E-state index contributed by atoms with van der Waals surface area (Å²) >= 11 is 0. The van der Waals surface area contributed by atoms with Crippen LogP contribution in [0, 0.1) is 6.92 Å². The van der Waals surface area contributed by atoms with E-state index in [1.807, 2.05) is 38.1 Å². The van der Waals surface area contributed by atoms with Crippen molar-refractivity contribution in [1.82, 2.24) is 0 Å². The van der Waals surface area contributed by atoms with Crippen LogP contribution in [-0.4, -0.2) is 13.0 Å². The molecular formula is C25H27BO. The van der Waals surface area contributed by atoms with E-state index in [1.165, 1.54) is 27.8 Å². The third-order valence-electron chi connectivity index (χ3n) is 5.39. The molecule has 0 amide bonds. The van der Waals surface area contributed by atoms with Gasteiger partial charge in [0.1, 0.15) is 13.6 Å². The zero-order valence-electron chi connectivity index (χ0n) is 16.4. The quantitative estimate of drug-likeness (QED) is 0.613. The highest BCUT2D eigenvalue weighted by molar-refractivity contribution is 6.32. The van der Waals surface area contributed by atoms with Crippen LogP contribution in [0.5, 0.6) is 5.75 Å². The Morgan fingerprint density at radius 2 is 1.48 bits per heavy atom. The maximum atomic E-state index is 9.88. The summed E-state index contributed by atoms with van der Waals surface area (Å²) in [6.07, 6.45) is 2.06. The number of fused-ring (bicyclic) bond motifs is 1. The third kappa shape index (κ3) is 4.11. The molecule has 2 radical (unpaired) electrons. The molecule has 0 spiro atoms. The Hall–Kier alpha value is -2.48. The molecule has 3 aromatic carbocycles. The van der Waals surface area contributed by atoms with Crippen LogP contribution in [0.15, 0.2) is 66.7 Å². The van der Waals surface area contributed by atoms with E-state index in [0.29, 0.717) is 17.6 Å². The topological polar surface area (TPSA) is 20.2 Å². The van der Waals surface area contributed by atoms with Gasteiger partial charge in [-0.15, -0.1) is 0 Å². The smallest absolute Gasteiger partial charge is 0.115 e. The molecule has 0 aromatic heterocycles. The summed E-state index contributed by atoms with van der Waals surface area (Å²) in [7, 11) is 5.88. The Balaban J connectivity index is 0.00000102. The van der Waals surface area contributed by atoms with Gasteiger partial charge in [0, 0.05) is 5.92 Å². The number of phenolic OH excluding ortho intramolecular Hbond substituents is 1. The highest BCUT2D eigenvalue weighted by Crippen LogP contribution is 2.46. The summed E-state index contributed by atoms with van der Waals surface area (Å²) in [4.78, 5) is 0. The SMILES string of the molecule is CC.[B]c1ccc(C2CCc3cc(O)ccc3C2c2ccc(C)cc2)cc1. The molecule has 27 heavy (non-hydrogen) atoms. The van der Waals surface area contributed by atoms with Gasteiger partial charge in [0.15, 0.2) is 0 Å². The summed E-state index contributed by atoms with van der Waals surface area (Å²) in [5, 5.41) is 9.88. The van der Waals surface area contributed by atoms with Gasteiger partial charge in [0.05, 0.1) is 0 Å². The maximum absolute atomic E-state index is 9.88. The second-order valence-electron chi connectivity index (χ2n) is 7.08. The molecular weight excluding hydrogens is 327 g/mol. The minimum atomic E-state index is 0.300. The van der Waals surface area contributed by atoms with Gasteiger partial charge in [0.25, 0.3) is 0 Å². The number of benzene rings is 3. The molecule has 3 aromatic rings. The van der Waals surface area contributed by atoms with Gasteiger partial charge in [0.2, 0.25) is 0 Å². The van der Waals surface area contributed by atoms with Crippen LogP contribution in [0.4, 0.5) is 0 Å². The lowest BCUT2D eigenvalue weighted by Gasteiger charge is -2.35. The van der Waals surface area contributed by atoms with Crippen LogP contribution in [0.25, 0.3) is 0 Å². The molecule has 1 aliphatic carbocycles. The fourth-order valence-corrected chi connectivity index (χ4v) is 4.09. The van der Waals surface area contributed by atoms with E-state index in [2.05, 4.69) is 49.4 Å². The molecule has 136 valence electrons. The summed E-state index contributed by atoms with van der Waals surface area (Å²) < 4.78 is 0.